The molecule has 3 rings (SSSR count). The number of fused-ring (bicyclic) bond motifs is 3. The molecule has 1 N–H and O–H groups in total. The highest BCUT2D eigenvalue weighted by Crippen LogP contribution is 2.40. The van der Waals surface area contributed by atoms with Gasteiger partial charge in [0.1, 0.15) is 11.3 Å². The Morgan fingerprint density at radius 3 is 2.80 bits per heavy atom. The normalized spacial score (nSPS) is 15.2. The molecule has 1 aromatic carbocycles. The van der Waals surface area contributed by atoms with Gasteiger partial charge in [-0.1, -0.05) is 6.92 Å². The largest absolute Gasteiger partial charge is 0.497 e. The number of carbonyl (C=O) groups is 1. The van der Waals surface area contributed by atoms with Gasteiger partial charge in [0.25, 0.3) is 0 Å². The van der Waals surface area contributed by atoms with Crippen LogP contribution < -0.4 is 14.9 Å². The molecule has 0 saturated carbocycles. The number of nitrogens with zero attached hydrogens (tertiary/aromatic N) is 1. The standard InChI is InChI=1S/C19H21NO5/c1-4-7-25-18-16-14-6-5-13(24-3)9-12(14)8-11(2)20(16)10-15(17(18)21)19(22)23/h5-6,9-11H,4,7-8H2,1-3H3,(H,22,23). The monoisotopic (exact) mass is 343 g/mol. The number of pyridine rings is 1. The van der Waals surface area contributed by atoms with E-state index < -0.39 is 11.4 Å². The lowest BCUT2D eigenvalue weighted by atomic mass is 9.92. The molecule has 0 fully saturated rings. The van der Waals surface area contributed by atoms with E-state index in [1.165, 1.54) is 6.20 Å². The summed E-state index contributed by atoms with van der Waals surface area (Å²) in [4.78, 5) is 24.2. The van der Waals surface area contributed by atoms with Crippen molar-refractivity contribution in [3.63, 3.8) is 0 Å². The van der Waals surface area contributed by atoms with Crippen LogP contribution in [0.3, 0.4) is 0 Å². The first kappa shape index (κ1) is 17.1. The van der Waals surface area contributed by atoms with Gasteiger partial charge in [0.15, 0.2) is 5.75 Å². The van der Waals surface area contributed by atoms with Gasteiger partial charge in [0.05, 0.1) is 19.4 Å². The lowest BCUT2D eigenvalue weighted by molar-refractivity contribution is 0.0693. The number of carboxylic acid groups (broad SMARTS) is 1. The molecule has 2 heterocycles. The van der Waals surface area contributed by atoms with Crippen molar-refractivity contribution in [3.8, 4) is 22.8 Å². The summed E-state index contributed by atoms with van der Waals surface area (Å²) in [5.41, 5.74) is 1.72. The summed E-state index contributed by atoms with van der Waals surface area (Å²) in [6.07, 6.45) is 2.87. The van der Waals surface area contributed by atoms with Gasteiger partial charge in [0.2, 0.25) is 5.43 Å². The molecular weight excluding hydrogens is 322 g/mol. The summed E-state index contributed by atoms with van der Waals surface area (Å²) in [7, 11) is 1.61. The third kappa shape index (κ3) is 2.88. The SMILES string of the molecule is CCCOc1c2n(cc(C(=O)O)c1=O)C(C)Cc1cc(OC)ccc1-2. The predicted molar refractivity (Wildman–Crippen MR) is 93.9 cm³/mol. The zero-order valence-corrected chi connectivity index (χ0v) is 14.5. The predicted octanol–water partition coefficient (Wildman–Crippen LogP) is 3.13. The Balaban J connectivity index is 2.31. The van der Waals surface area contributed by atoms with Gasteiger partial charge in [-0.2, -0.15) is 0 Å². The number of hydrogen-bond donors (Lipinski definition) is 1. The number of rotatable bonds is 5. The van der Waals surface area contributed by atoms with Crippen molar-refractivity contribution in [2.45, 2.75) is 32.7 Å². The molecule has 1 aliphatic heterocycles. The third-order valence-corrected chi connectivity index (χ3v) is 4.43. The highest BCUT2D eigenvalue weighted by molar-refractivity contribution is 5.89. The van der Waals surface area contributed by atoms with Crippen LogP contribution in [0.2, 0.25) is 0 Å². The summed E-state index contributed by atoms with van der Waals surface area (Å²) >= 11 is 0. The fourth-order valence-corrected chi connectivity index (χ4v) is 3.22. The van der Waals surface area contributed by atoms with Crippen molar-refractivity contribution in [1.29, 1.82) is 0 Å². The van der Waals surface area contributed by atoms with Crippen LogP contribution in [0.25, 0.3) is 11.3 Å². The Morgan fingerprint density at radius 1 is 1.40 bits per heavy atom. The van der Waals surface area contributed by atoms with E-state index in [0.29, 0.717) is 18.7 Å². The number of ether oxygens (including phenoxy) is 2. The van der Waals surface area contributed by atoms with Crippen molar-refractivity contribution < 1.29 is 19.4 Å². The first-order chi connectivity index (χ1) is 12.0. The van der Waals surface area contributed by atoms with Crippen LogP contribution in [-0.2, 0) is 6.42 Å². The van der Waals surface area contributed by atoms with Crippen molar-refractivity contribution in [2.24, 2.45) is 0 Å². The smallest absolute Gasteiger partial charge is 0.341 e. The average molecular weight is 343 g/mol. The van der Waals surface area contributed by atoms with Gasteiger partial charge in [-0.25, -0.2) is 4.79 Å². The van der Waals surface area contributed by atoms with Gasteiger partial charge in [0, 0.05) is 17.8 Å². The maximum Gasteiger partial charge on any atom is 0.341 e. The molecule has 0 bridgehead atoms. The van der Waals surface area contributed by atoms with E-state index in [0.717, 1.165) is 23.3 Å². The van der Waals surface area contributed by atoms with Crippen LogP contribution in [0, 0.1) is 0 Å². The fraction of sp³-hybridized carbons (Fsp3) is 0.368. The van der Waals surface area contributed by atoms with E-state index in [4.69, 9.17) is 9.47 Å². The lowest BCUT2D eigenvalue weighted by Crippen LogP contribution is -2.27. The van der Waals surface area contributed by atoms with Crippen molar-refractivity contribution in [1.82, 2.24) is 4.57 Å². The number of methoxy groups -OCH3 is 1. The van der Waals surface area contributed by atoms with Crippen LogP contribution in [0.5, 0.6) is 11.5 Å². The molecule has 0 spiro atoms. The Bertz CT molecular complexity index is 884. The van der Waals surface area contributed by atoms with Crippen LogP contribution in [-0.4, -0.2) is 29.4 Å². The second kappa shape index (κ2) is 6.63. The molecule has 2 aromatic rings. The molecule has 0 radical (unpaired) electrons. The van der Waals surface area contributed by atoms with Crippen LogP contribution in [0.4, 0.5) is 0 Å². The Morgan fingerprint density at radius 2 is 2.16 bits per heavy atom. The highest BCUT2D eigenvalue weighted by atomic mass is 16.5. The topological polar surface area (TPSA) is 77.8 Å². The molecule has 0 aliphatic carbocycles. The average Bonchev–Trinajstić information content (AvgIpc) is 2.59. The number of hydrogen-bond acceptors (Lipinski definition) is 4. The minimum Gasteiger partial charge on any atom is -0.497 e. The molecule has 1 aromatic heterocycles. The third-order valence-electron chi connectivity index (χ3n) is 4.43. The van der Waals surface area contributed by atoms with Gasteiger partial charge >= 0.3 is 5.97 Å². The maximum atomic E-state index is 12.7. The van der Waals surface area contributed by atoms with E-state index in [-0.39, 0.29) is 17.4 Å². The molecule has 1 unspecified atom stereocenters. The van der Waals surface area contributed by atoms with Gasteiger partial charge in [-0.15, -0.1) is 0 Å². The van der Waals surface area contributed by atoms with Crippen molar-refractivity contribution >= 4 is 5.97 Å². The molecule has 1 atom stereocenters. The van der Waals surface area contributed by atoms with Crippen LogP contribution in [0.1, 0.15) is 42.2 Å². The molecular formula is C19H21NO5. The van der Waals surface area contributed by atoms with Crippen molar-refractivity contribution in [2.75, 3.05) is 13.7 Å². The maximum absolute atomic E-state index is 12.7. The Labute approximate surface area is 145 Å². The van der Waals surface area contributed by atoms with Gasteiger partial charge in [-0.3, -0.25) is 4.79 Å². The fourth-order valence-electron chi connectivity index (χ4n) is 3.22. The van der Waals surface area contributed by atoms with Crippen LogP contribution in [0.15, 0.2) is 29.2 Å². The summed E-state index contributed by atoms with van der Waals surface area (Å²) in [5.74, 6) is -0.381. The van der Waals surface area contributed by atoms with E-state index in [1.54, 1.807) is 7.11 Å². The zero-order chi connectivity index (χ0) is 18.1. The van der Waals surface area contributed by atoms with E-state index in [9.17, 15) is 14.7 Å². The quantitative estimate of drug-likeness (QED) is 0.902. The van der Waals surface area contributed by atoms with Crippen molar-refractivity contribution in [3.05, 3.63) is 45.7 Å². The number of benzene rings is 1. The first-order valence-electron chi connectivity index (χ1n) is 8.30. The minimum atomic E-state index is -1.24. The Kier molecular flexibility index (Phi) is 4.53. The van der Waals surface area contributed by atoms with E-state index >= 15 is 0 Å². The van der Waals surface area contributed by atoms with Crippen LogP contribution >= 0.6 is 0 Å². The highest BCUT2D eigenvalue weighted by Gasteiger charge is 2.29. The number of aromatic nitrogens is 1. The zero-order valence-electron chi connectivity index (χ0n) is 14.5. The summed E-state index contributed by atoms with van der Waals surface area (Å²) in [5, 5.41) is 9.38. The first-order valence-corrected chi connectivity index (χ1v) is 8.30. The lowest BCUT2D eigenvalue weighted by Gasteiger charge is -2.30. The Hall–Kier alpha value is -2.76. The molecule has 6 nitrogen and oxygen atoms in total. The number of carboxylic acids is 1. The second-order valence-corrected chi connectivity index (χ2v) is 6.19. The molecule has 1 aliphatic rings. The van der Waals surface area contributed by atoms with Gasteiger partial charge in [-0.05, 0) is 43.5 Å². The molecule has 0 amide bonds. The number of aromatic carboxylic acids is 1. The summed E-state index contributed by atoms with van der Waals surface area (Å²) in [6.45, 7) is 4.28. The molecule has 6 heteroatoms. The minimum absolute atomic E-state index is 0.00252. The second-order valence-electron chi connectivity index (χ2n) is 6.19. The molecule has 132 valence electrons. The van der Waals surface area contributed by atoms with Gasteiger partial charge < -0.3 is 19.1 Å². The molecule has 25 heavy (non-hydrogen) atoms. The summed E-state index contributed by atoms with van der Waals surface area (Å²) in [6, 6.07) is 5.68. The molecule has 0 saturated heterocycles. The van der Waals surface area contributed by atoms with E-state index in [1.807, 2.05) is 36.6 Å². The summed E-state index contributed by atoms with van der Waals surface area (Å²) < 4.78 is 12.8. The van der Waals surface area contributed by atoms with E-state index in [2.05, 4.69) is 0 Å².